The molecule has 4 rings (SSSR count). The summed E-state index contributed by atoms with van der Waals surface area (Å²) in [7, 11) is 0. The van der Waals surface area contributed by atoms with Gasteiger partial charge in [0.25, 0.3) is 0 Å². The third-order valence-corrected chi connectivity index (χ3v) is 7.55. The van der Waals surface area contributed by atoms with E-state index >= 15 is 0 Å². The van der Waals surface area contributed by atoms with Gasteiger partial charge >= 0.3 is 12.1 Å². The molecule has 2 aliphatic rings. The van der Waals surface area contributed by atoms with E-state index in [0.29, 0.717) is 6.42 Å². The number of hydrogen-bond donors (Lipinski definition) is 3. The van der Waals surface area contributed by atoms with Crippen LogP contribution in [0.3, 0.4) is 0 Å². The highest BCUT2D eigenvalue weighted by atomic mass is 16.5. The summed E-state index contributed by atoms with van der Waals surface area (Å²) in [5, 5.41) is 15.1. The summed E-state index contributed by atoms with van der Waals surface area (Å²) in [6.07, 6.45) is 2.85. The number of carbonyl (C=O) groups is 3. The number of hydrogen-bond acceptors (Lipinski definition) is 4. The van der Waals surface area contributed by atoms with Gasteiger partial charge in [0, 0.05) is 18.4 Å². The van der Waals surface area contributed by atoms with E-state index in [1.54, 1.807) is 0 Å². The molecule has 0 heterocycles. The molecule has 4 atom stereocenters. The second kappa shape index (κ2) is 10.9. The lowest BCUT2D eigenvalue weighted by atomic mass is 9.96. The van der Waals surface area contributed by atoms with Crippen LogP contribution in [0.2, 0.25) is 0 Å². The average molecular weight is 479 g/mol. The zero-order valence-corrected chi connectivity index (χ0v) is 20.3. The van der Waals surface area contributed by atoms with Crippen molar-refractivity contribution in [1.82, 2.24) is 10.6 Å². The van der Waals surface area contributed by atoms with Gasteiger partial charge in [-0.2, -0.15) is 0 Å². The second-order valence-electron chi connectivity index (χ2n) is 9.74. The highest BCUT2D eigenvalue weighted by Gasteiger charge is 2.34. The number of fused-ring (bicyclic) bond motifs is 3. The van der Waals surface area contributed by atoms with Crippen LogP contribution in [0.1, 0.15) is 63.0 Å². The molecular weight excluding hydrogens is 444 g/mol. The molecule has 3 N–H and O–H groups in total. The van der Waals surface area contributed by atoms with E-state index in [2.05, 4.69) is 34.9 Å². The van der Waals surface area contributed by atoms with Crippen molar-refractivity contribution in [2.75, 3.05) is 6.61 Å². The minimum absolute atomic E-state index is 0.00758. The Morgan fingerprint density at radius 2 is 1.66 bits per heavy atom. The van der Waals surface area contributed by atoms with Gasteiger partial charge < -0.3 is 20.5 Å². The monoisotopic (exact) mass is 478 g/mol. The molecule has 2 aromatic rings. The van der Waals surface area contributed by atoms with Crippen LogP contribution in [0.5, 0.6) is 0 Å². The minimum atomic E-state index is -1.02. The molecule has 2 unspecified atom stereocenters. The van der Waals surface area contributed by atoms with E-state index in [4.69, 9.17) is 4.74 Å². The molecule has 2 aliphatic carbocycles. The van der Waals surface area contributed by atoms with Gasteiger partial charge in [-0.05, 0) is 46.9 Å². The molecule has 0 aromatic heterocycles. The number of aliphatic carboxylic acids is 1. The molecule has 2 aromatic carbocycles. The Morgan fingerprint density at radius 3 is 2.26 bits per heavy atom. The first kappa shape index (κ1) is 24.8. The van der Waals surface area contributed by atoms with Crippen LogP contribution in [0.15, 0.2) is 48.5 Å². The maximum Gasteiger partial charge on any atom is 0.407 e. The zero-order chi connectivity index (χ0) is 24.9. The Hall–Kier alpha value is -3.35. The summed E-state index contributed by atoms with van der Waals surface area (Å²) in [6, 6.07) is 15.3. The highest BCUT2D eigenvalue weighted by Crippen LogP contribution is 2.44. The van der Waals surface area contributed by atoms with Crippen LogP contribution in [0, 0.1) is 11.8 Å². The molecule has 0 aliphatic heterocycles. The van der Waals surface area contributed by atoms with Crippen molar-refractivity contribution in [3.8, 4) is 11.1 Å². The highest BCUT2D eigenvalue weighted by molar-refractivity contribution is 5.84. The van der Waals surface area contributed by atoms with Crippen molar-refractivity contribution in [3.05, 3.63) is 59.7 Å². The molecule has 35 heavy (non-hydrogen) atoms. The smallest absolute Gasteiger partial charge is 0.407 e. The Bertz CT molecular complexity index is 1040. The number of rotatable bonds is 9. The first-order valence-electron chi connectivity index (χ1n) is 12.5. The van der Waals surface area contributed by atoms with Crippen molar-refractivity contribution >= 4 is 18.0 Å². The van der Waals surface area contributed by atoms with Crippen molar-refractivity contribution in [1.29, 1.82) is 0 Å². The topological polar surface area (TPSA) is 105 Å². The van der Waals surface area contributed by atoms with Crippen molar-refractivity contribution < 1.29 is 24.2 Å². The fourth-order valence-corrected chi connectivity index (χ4v) is 5.42. The Balaban J connectivity index is 1.32. The maximum absolute atomic E-state index is 12.7. The maximum atomic E-state index is 12.7. The molecule has 0 spiro atoms. The Labute approximate surface area is 206 Å². The number of amides is 2. The van der Waals surface area contributed by atoms with Gasteiger partial charge in [-0.25, -0.2) is 9.59 Å². The lowest BCUT2D eigenvalue weighted by Crippen LogP contribution is -2.46. The number of nitrogens with one attached hydrogen (secondary N) is 2. The average Bonchev–Trinajstić information content (AvgIpc) is 3.42. The number of carboxylic acid groups (broad SMARTS) is 1. The van der Waals surface area contributed by atoms with Gasteiger partial charge in [-0.3, -0.25) is 4.79 Å². The van der Waals surface area contributed by atoms with Crippen LogP contribution in [-0.4, -0.2) is 41.8 Å². The quantitative estimate of drug-likeness (QED) is 0.485. The molecule has 1 saturated carbocycles. The third kappa shape index (κ3) is 5.50. The second-order valence-corrected chi connectivity index (χ2v) is 9.74. The number of benzene rings is 2. The standard InChI is InChI=1S/C28H34N2O5/c1-3-17(2)26(27(32)33)30-25(31)15-18-9-8-14-24(18)29-28(34)35-16-23-21-12-6-4-10-19(21)20-11-5-7-13-22(20)23/h4-7,10-13,17-18,23-24,26H,3,8-9,14-16H2,1-2H3,(H,29,34)(H,30,31)(H,32,33)/t17?,18-,24+,26?/m0/s1. The first-order valence-corrected chi connectivity index (χ1v) is 12.5. The van der Waals surface area contributed by atoms with E-state index in [1.807, 2.05) is 38.1 Å². The van der Waals surface area contributed by atoms with E-state index < -0.39 is 18.1 Å². The van der Waals surface area contributed by atoms with Crippen LogP contribution >= 0.6 is 0 Å². The molecule has 0 radical (unpaired) electrons. The summed E-state index contributed by atoms with van der Waals surface area (Å²) in [6.45, 7) is 3.96. The molecular formula is C28H34N2O5. The molecule has 2 amide bonds. The van der Waals surface area contributed by atoms with Gasteiger partial charge in [0.05, 0.1) is 0 Å². The van der Waals surface area contributed by atoms with Crippen LogP contribution in [0.25, 0.3) is 11.1 Å². The van der Waals surface area contributed by atoms with Crippen LogP contribution < -0.4 is 10.6 Å². The predicted octanol–water partition coefficient (Wildman–Crippen LogP) is 4.70. The molecule has 7 nitrogen and oxygen atoms in total. The molecule has 7 heteroatoms. The molecule has 1 fully saturated rings. The van der Waals surface area contributed by atoms with Gasteiger partial charge in [0.2, 0.25) is 5.91 Å². The van der Waals surface area contributed by atoms with E-state index in [9.17, 15) is 19.5 Å². The summed E-state index contributed by atoms with van der Waals surface area (Å²) in [5.41, 5.74) is 4.67. The fraction of sp³-hybridized carbons (Fsp3) is 0.464. The fourth-order valence-electron chi connectivity index (χ4n) is 5.42. The minimum Gasteiger partial charge on any atom is -0.480 e. The van der Waals surface area contributed by atoms with Crippen LogP contribution in [-0.2, 0) is 14.3 Å². The summed E-state index contributed by atoms with van der Waals surface area (Å²) in [5.74, 6) is -1.51. The first-order chi connectivity index (χ1) is 16.9. The largest absolute Gasteiger partial charge is 0.480 e. The van der Waals surface area contributed by atoms with Crippen molar-refractivity contribution in [2.45, 2.75) is 64.0 Å². The zero-order valence-electron chi connectivity index (χ0n) is 20.3. The Morgan fingerprint density at radius 1 is 1.03 bits per heavy atom. The number of carbonyl (C=O) groups excluding carboxylic acids is 2. The molecule has 0 saturated heterocycles. The van der Waals surface area contributed by atoms with Gasteiger partial charge in [0.1, 0.15) is 12.6 Å². The van der Waals surface area contributed by atoms with Gasteiger partial charge in [-0.15, -0.1) is 0 Å². The number of ether oxygens (including phenoxy) is 1. The third-order valence-electron chi connectivity index (χ3n) is 7.55. The normalized spacial score (nSPS) is 20.4. The lowest BCUT2D eigenvalue weighted by Gasteiger charge is -2.24. The Kier molecular flexibility index (Phi) is 7.73. The van der Waals surface area contributed by atoms with Crippen LogP contribution in [0.4, 0.5) is 4.79 Å². The summed E-state index contributed by atoms with van der Waals surface area (Å²) < 4.78 is 5.67. The molecule has 186 valence electrons. The molecule has 0 bridgehead atoms. The van der Waals surface area contributed by atoms with Gasteiger partial charge in [0.15, 0.2) is 0 Å². The number of alkyl carbamates (subject to hydrolysis) is 1. The van der Waals surface area contributed by atoms with Crippen molar-refractivity contribution in [3.63, 3.8) is 0 Å². The number of carboxylic acids is 1. The summed E-state index contributed by atoms with van der Waals surface area (Å²) in [4.78, 5) is 36.8. The van der Waals surface area contributed by atoms with E-state index in [-0.39, 0.29) is 42.7 Å². The van der Waals surface area contributed by atoms with Gasteiger partial charge in [-0.1, -0.05) is 75.2 Å². The SMILES string of the molecule is CCC(C)C(NC(=O)C[C@@H]1CCC[C@H]1NC(=O)OCC1c2ccccc2-c2ccccc21)C(=O)O. The van der Waals surface area contributed by atoms with Crippen molar-refractivity contribution in [2.24, 2.45) is 11.8 Å². The lowest BCUT2D eigenvalue weighted by molar-refractivity contribution is -0.143. The predicted molar refractivity (Wildman–Crippen MR) is 133 cm³/mol. The van der Waals surface area contributed by atoms with E-state index in [0.717, 1.165) is 30.4 Å². The summed E-state index contributed by atoms with van der Waals surface area (Å²) >= 11 is 0. The van der Waals surface area contributed by atoms with E-state index in [1.165, 1.54) is 11.1 Å².